The molecule has 23 heavy (non-hydrogen) atoms. The van der Waals surface area contributed by atoms with E-state index in [4.69, 9.17) is 0 Å². The zero-order chi connectivity index (χ0) is 16.2. The summed E-state index contributed by atoms with van der Waals surface area (Å²) in [7, 11) is 0. The Kier molecular flexibility index (Phi) is 4.24. The fourth-order valence-corrected chi connectivity index (χ4v) is 2.54. The summed E-state index contributed by atoms with van der Waals surface area (Å²) in [6, 6.07) is 13.7. The van der Waals surface area contributed by atoms with E-state index in [1.165, 1.54) is 11.1 Å². The molecule has 0 unspecified atom stereocenters. The van der Waals surface area contributed by atoms with Crippen LogP contribution in [-0.4, -0.2) is 15.5 Å². The third kappa shape index (κ3) is 3.31. The topological polar surface area (TPSA) is 46.9 Å². The third-order valence-corrected chi connectivity index (χ3v) is 3.85. The van der Waals surface area contributed by atoms with Crippen LogP contribution in [0.15, 0.2) is 61.1 Å². The molecule has 4 heteroatoms. The van der Waals surface area contributed by atoms with E-state index in [0.29, 0.717) is 12.2 Å². The van der Waals surface area contributed by atoms with Gasteiger partial charge in [-0.25, -0.2) is 0 Å². The van der Waals surface area contributed by atoms with Crippen molar-refractivity contribution < 1.29 is 4.79 Å². The van der Waals surface area contributed by atoms with Crippen LogP contribution in [0.25, 0.3) is 5.69 Å². The Bertz CT molecular complexity index is 822. The maximum absolute atomic E-state index is 12.5. The van der Waals surface area contributed by atoms with Crippen LogP contribution in [-0.2, 0) is 6.54 Å². The van der Waals surface area contributed by atoms with E-state index in [9.17, 15) is 4.79 Å². The van der Waals surface area contributed by atoms with Gasteiger partial charge in [0.1, 0.15) is 5.69 Å². The lowest BCUT2D eigenvalue weighted by Gasteiger charge is -2.11. The highest BCUT2D eigenvalue weighted by molar-refractivity contribution is 5.93. The minimum Gasteiger partial charge on any atom is -0.347 e. The number of hydrogen-bond donors (Lipinski definition) is 1. The van der Waals surface area contributed by atoms with Crippen molar-refractivity contribution in [3.05, 3.63) is 83.4 Å². The van der Waals surface area contributed by atoms with Crippen molar-refractivity contribution in [2.75, 3.05) is 0 Å². The minimum absolute atomic E-state index is 0.0974. The molecular formula is C19H19N3O. The van der Waals surface area contributed by atoms with Crippen molar-refractivity contribution >= 4 is 5.91 Å². The number of nitrogens with zero attached hydrogens (tertiary/aromatic N) is 2. The lowest BCUT2D eigenvalue weighted by Crippen LogP contribution is -2.25. The van der Waals surface area contributed by atoms with Crippen molar-refractivity contribution in [3.63, 3.8) is 0 Å². The minimum atomic E-state index is -0.0974. The molecule has 0 atom stereocenters. The van der Waals surface area contributed by atoms with Gasteiger partial charge in [-0.15, -0.1) is 0 Å². The number of hydrogen-bond acceptors (Lipinski definition) is 2. The molecule has 1 amide bonds. The summed E-state index contributed by atoms with van der Waals surface area (Å²) >= 11 is 0. The second-order valence-electron chi connectivity index (χ2n) is 5.59. The molecule has 3 rings (SSSR count). The highest BCUT2D eigenvalue weighted by Crippen LogP contribution is 2.13. The van der Waals surface area contributed by atoms with E-state index in [0.717, 1.165) is 11.3 Å². The van der Waals surface area contributed by atoms with Gasteiger partial charge < -0.3 is 9.88 Å². The van der Waals surface area contributed by atoms with Crippen molar-refractivity contribution in [2.45, 2.75) is 20.4 Å². The summed E-state index contributed by atoms with van der Waals surface area (Å²) in [4.78, 5) is 16.6. The summed E-state index contributed by atoms with van der Waals surface area (Å²) in [5, 5.41) is 3.00. The summed E-state index contributed by atoms with van der Waals surface area (Å²) in [5.74, 6) is -0.0974. The largest absolute Gasteiger partial charge is 0.347 e. The molecule has 0 aliphatic heterocycles. The third-order valence-electron chi connectivity index (χ3n) is 3.85. The first kappa shape index (κ1) is 15.0. The quantitative estimate of drug-likeness (QED) is 0.803. The fourth-order valence-electron chi connectivity index (χ4n) is 2.54. The average Bonchev–Trinajstić information content (AvgIpc) is 3.06. The van der Waals surface area contributed by atoms with Gasteiger partial charge in [0, 0.05) is 18.9 Å². The van der Waals surface area contributed by atoms with Crippen LogP contribution in [0.1, 0.15) is 27.2 Å². The van der Waals surface area contributed by atoms with Gasteiger partial charge in [0.2, 0.25) is 0 Å². The SMILES string of the molecule is Cc1ccc(C)c(CNC(=O)c2cccn2-c2cccnc2)c1. The standard InChI is InChI=1S/C19H19N3O/c1-14-7-8-15(2)16(11-14)12-21-19(23)18-6-4-10-22(18)17-5-3-9-20-13-17/h3-11,13H,12H2,1-2H3,(H,21,23). The molecule has 0 aliphatic carbocycles. The van der Waals surface area contributed by atoms with E-state index in [1.54, 1.807) is 12.4 Å². The number of aryl methyl sites for hydroxylation is 2. The smallest absolute Gasteiger partial charge is 0.268 e. The maximum atomic E-state index is 12.5. The fraction of sp³-hybridized carbons (Fsp3) is 0.158. The van der Waals surface area contributed by atoms with Crippen LogP contribution < -0.4 is 5.32 Å². The number of nitrogens with one attached hydrogen (secondary N) is 1. The number of rotatable bonds is 4. The van der Waals surface area contributed by atoms with Crippen LogP contribution in [0, 0.1) is 13.8 Å². The van der Waals surface area contributed by atoms with Crippen LogP contribution in [0.3, 0.4) is 0 Å². The number of amides is 1. The second-order valence-corrected chi connectivity index (χ2v) is 5.59. The van der Waals surface area contributed by atoms with Crippen molar-refractivity contribution in [3.8, 4) is 5.69 Å². The van der Waals surface area contributed by atoms with E-state index in [1.807, 2.05) is 35.0 Å². The second kappa shape index (κ2) is 6.48. The van der Waals surface area contributed by atoms with Gasteiger partial charge in [-0.05, 0) is 49.2 Å². The van der Waals surface area contributed by atoms with Crippen LogP contribution in [0.2, 0.25) is 0 Å². The van der Waals surface area contributed by atoms with Crippen molar-refractivity contribution in [2.24, 2.45) is 0 Å². The first-order valence-corrected chi connectivity index (χ1v) is 7.57. The molecule has 0 radical (unpaired) electrons. The molecular weight excluding hydrogens is 286 g/mol. The highest BCUT2D eigenvalue weighted by atomic mass is 16.1. The predicted octanol–water partition coefficient (Wildman–Crippen LogP) is 3.42. The average molecular weight is 305 g/mol. The monoisotopic (exact) mass is 305 g/mol. The van der Waals surface area contributed by atoms with Crippen LogP contribution >= 0.6 is 0 Å². The number of aromatic nitrogens is 2. The lowest BCUT2D eigenvalue weighted by atomic mass is 10.1. The number of benzene rings is 1. The van der Waals surface area contributed by atoms with E-state index in [2.05, 4.69) is 42.3 Å². The summed E-state index contributed by atoms with van der Waals surface area (Å²) in [5.41, 5.74) is 4.98. The first-order valence-electron chi connectivity index (χ1n) is 7.57. The summed E-state index contributed by atoms with van der Waals surface area (Å²) in [6.45, 7) is 4.63. The maximum Gasteiger partial charge on any atom is 0.268 e. The normalized spacial score (nSPS) is 10.5. The molecule has 0 saturated heterocycles. The molecule has 2 heterocycles. The van der Waals surface area contributed by atoms with Gasteiger partial charge in [-0.3, -0.25) is 9.78 Å². The number of carbonyl (C=O) groups excluding carboxylic acids is 1. The summed E-state index contributed by atoms with van der Waals surface area (Å²) < 4.78 is 1.84. The Morgan fingerprint density at radius 2 is 2.04 bits per heavy atom. The predicted molar refractivity (Wildman–Crippen MR) is 90.7 cm³/mol. The molecule has 3 aromatic rings. The van der Waals surface area contributed by atoms with Crippen molar-refractivity contribution in [1.82, 2.24) is 14.9 Å². The van der Waals surface area contributed by atoms with E-state index >= 15 is 0 Å². The molecule has 0 bridgehead atoms. The summed E-state index contributed by atoms with van der Waals surface area (Å²) in [6.07, 6.45) is 5.32. The van der Waals surface area contributed by atoms with Crippen LogP contribution in [0.5, 0.6) is 0 Å². The molecule has 0 aliphatic rings. The van der Waals surface area contributed by atoms with Gasteiger partial charge in [-0.1, -0.05) is 23.8 Å². The Hall–Kier alpha value is -2.88. The van der Waals surface area contributed by atoms with Crippen molar-refractivity contribution in [1.29, 1.82) is 0 Å². The van der Waals surface area contributed by atoms with Gasteiger partial charge in [-0.2, -0.15) is 0 Å². The molecule has 0 spiro atoms. The molecule has 0 fully saturated rings. The van der Waals surface area contributed by atoms with Gasteiger partial charge in [0.25, 0.3) is 5.91 Å². The Morgan fingerprint density at radius 3 is 2.83 bits per heavy atom. The Balaban J connectivity index is 1.77. The number of pyridine rings is 1. The van der Waals surface area contributed by atoms with Gasteiger partial charge in [0.05, 0.1) is 11.9 Å². The van der Waals surface area contributed by atoms with Crippen LogP contribution in [0.4, 0.5) is 0 Å². The molecule has 4 nitrogen and oxygen atoms in total. The number of carbonyl (C=O) groups is 1. The molecule has 0 saturated carbocycles. The Labute approximate surface area is 135 Å². The van der Waals surface area contributed by atoms with E-state index in [-0.39, 0.29) is 5.91 Å². The van der Waals surface area contributed by atoms with Gasteiger partial charge in [0.15, 0.2) is 0 Å². The Morgan fingerprint density at radius 1 is 1.17 bits per heavy atom. The molecule has 1 aromatic carbocycles. The zero-order valence-corrected chi connectivity index (χ0v) is 13.3. The van der Waals surface area contributed by atoms with E-state index < -0.39 is 0 Å². The molecule has 116 valence electrons. The lowest BCUT2D eigenvalue weighted by molar-refractivity contribution is 0.0944. The molecule has 2 aromatic heterocycles. The molecule has 1 N–H and O–H groups in total. The first-order chi connectivity index (χ1) is 11.1. The zero-order valence-electron chi connectivity index (χ0n) is 13.3. The highest BCUT2D eigenvalue weighted by Gasteiger charge is 2.12. The van der Waals surface area contributed by atoms with Gasteiger partial charge >= 0.3 is 0 Å².